The fourth-order valence-corrected chi connectivity index (χ4v) is 6.43. The third-order valence-corrected chi connectivity index (χ3v) is 8.26. The fourth-order valence-electron chi connectivity index (χ4n) is 5.87. The summed E-state index contributed by atoms with van der Waals surface area (Å²) in [4.78, 5) is 25.3. The topological polar surface area (TPSA) is 51.0 Å². The molecule has 0 fully saturated rings. The summed E-state index contributed by atoms with van der Waals surface area (Å²) in [5.74, 6) is -0.147. The highest BCUT2D eigenvalue weighted by molar-refractivity contribution is 9.10. The molecular weight excluding hydrogens is 584 g/mol. The van der Waals surface area contributed by atoms with Crippen molar-refractivity contribution < 1.29 is 4.79 Å². The van der Waals surface area contributed by atoms with Crippen LogP contribution in [0, 0.1) is 0 Å². The third-order valence-electron chi connectivity index (χ3n) is 7.56. The minimum Gasteiger partial charge on any atom is -0.310 e. The largest absolute Gasteiger partial charge is 0.310 e. The number of halogens is 2. The SMILES string of the molecule is O=C1c2c(Cl)cccc2CN1c1cn(C(c2ccccc2)(c2ccccc2)c2ccccc2)c2ncc(Br)nc12. The Morgan fingerprint density at radius 1 is 0.775 bits per heavy atom. The normalized spacial score (nSPS) is 13.2. The Hall–Kier alpha value is -4.26. The van der Waals surface area contributed by atoms with Gasteiger partial charge in [-0.05, 0) is 44.3 Å². The lowest BCUT2D eigenvalue weighted by Gasteiger charge is -2.38. The van der Waals surface area contributed by atoms with Gasteiger partial charge >= 0.3 is 0 Å². The number of hydrogen-bond acceptors (Lipinski definition) is 3. The van der Waals surface area contributed by atoms with Crippen LogP contribution in [0.2, 0.25) is 5.02 Å². The molecule has 0 N–H and O–H groups in total. The molecular formula is C33H22BrClN4O. The van der Waals surface area contributed by atoms with Crippen LogP contribution >= 0.6 is 27.5 Å². The first kappa shape index (κ1) is 24.8. The van der Waals surface area contributed by atoms with E-state index >= 15 is 0 Å². The predicted octanol–water partition coefficient (Wildman–Crippen LogP) is 7.85. The highest BCUT2D eigenvalue weighted by Crippen LogP contribution is 2.45. The van der Waals surface area contributed by atoms with E-state index in [1.807, 2.05) is 72.9 Å². The van der Waals surface area contributed by atoms with Gasteiger partial charge in [-0.3, -0.25) is 4.79 Å². The van der Waals surface area contributed by atoms with E-state index in [2.05, 4.69) is 56.9 Å². The van der Waals surface area contributed by atoms with Crippen LogP contribution in [0.4, 0.5) is 5.69 Å². The molecule has 0 aliphatic carbocycles. The monoisotopic (exact) mass is 604 g/mol. The number of rotatable bonds is 5. The summed E-state index contributed by atoms with van der Waals surface area (Å²) in [6.07, 6.45) is 3.72. The Morgan fingerprint density at radius 3 is 1.90 bits per heavy atom. The minimum absolute atomic E-state index is 0.147. The second-order valence-electron chi connectivity index (χ2n) is 9.72. The summed E-state index contributed by atoms with van der Waals surface area (Å²) in [5, 5.41) is 0.452. The van der Waals surface area contributed by atoms with Gasteiger partial charge in [-0.1, -0.05) is 115 Å². The molecule has 194 valence electrons. The lowest BCUT2D eigenvalue weighted by molar-refractivity contribution is 0.0997. The zero-order chi connectivity index (χ0) is 27.3. The van der Waals surface area contributed by atoms with Crippen LogP contribution in [-0.4, -0.2) is 20.4 Å². The summed E-state index contributed by atoms with van der Waals surface area (Å²) in [6.45, 7) is 0.400. The minimum atomic E-state index is -0.809. The lowest BCUT2D eigenvalue weighted by Crippen LogP contribution is -2.37. The molecule has 1 amide bonds. The average Bonchev–Trinajstić information content (AvgIpc) is 3.53. The lowest BCUT2D eigenvalue weighted by atomic mass is 9.76. The molecule has 7 rings (SSSR count). The van der Waals surface area contributed by atoms with Gasteiger partial charge < -0.3 is 9.47 Å². The van der Waals surface area contributed by atoms with Gasteiger partial charge in [-0.25, -0.2) is 9.97 Å². The van der Waals surface area contributed by atoms with Crippen LogP contribution in [-0.2, 0) is 12.1 Å². The first-order valence-electron chi connectivity index (χ1n) is 12.9. The van der Waals surface area contributed by atoms with Crippen molar-refractivity contribution in [3.05, 3.63) is 159 Å². The maximum absolute atomic E-state index is 13.8. The summed E-state index contributed by atoms with van der Waals surface area (Å²) < 4.78 is 2.75. The second-order valence-corrected chi connectivity index (χ2v) is 10.9. The average molecular weight is 606 g/mol. The molecule has 3 heterocycles. The van der Waals surface area contributed by atoms with Gasteiger partial charge in [-0.15, -0.1) is 0 Å². The molecule has 0 spiro atoms. The van der Waals surface area contributed by atoms with Gasteiger partial charge in [0.1, 0.15) is 15.7 Å². The molecule has 0 saturated heterocycles. The molecule has 5 nitrogen and oxygen atoms in total. The Kier molecular flexibility index (Phi) is 6.02. The zero-order valence-corrected chi connectivity index (χ0v) is 23.5. The standard InChI is InChI=1S/C33H22BrClN4O/c34-28-19-36-31-30(37-28)27(38-20-22-11-10-18-26(35)29(22)32(38)40)21-39(31)33(23-12-4-1-5-13-23,24-14-6-2-7-15-24)25-16-8-3-9-17-25/h1-19,21H,20H2. The number of aromatic nitrogens is 3. The second kappa shape index (κ2) is 9.73. The van der Waals surface area contributed by atoms with Crippen molar-refractivity contribution >= 4 is 50.3 Å². The van der Waals surface area contributed by atoms with Crippen LogP contribution in [0.15, 0.2) is 126 Å². The van der Waals surface area contributed by atoms with Crippen LogP contribution in [0.3, 0.4) is 0 Å². The Bertz CT molecular complexity index is 1780. The van der Waals surface area contributed by atoms with E-state index in [1.165, 1.54) is 0 Å². The molecule has 0 bridgehead atoms. The maximum atomic E-state index is 13.8. The van der Waals surface area contributed by atoms with E-state index in [1.54, 1.807) is 17.2 Å². The molecule has 7 heteroatoms. The Labute approximate surface area is 244 Å². The van der Waals surface area contributed by atoms with Crippen molar-refractivity contribution in [3.8, 4) is 0 Å². The molecule has 0 radical (unpaired) electrons. The summed E-state index contributed by atoms with van der Waals surface area (Å²) in [6, 6.07) is 36.7. The first-order valence-corrected chi connectivity index (χ1v) is 14.1. The maximum Gasteiger partial charge on any atom is 0.260 e. The molecule has 40 heavy (non-hydrogen) atoms. The van der Waals surface area contributed by atoms with E-state index in [-0.39, 0.29) is 5.91 Å². The highest BCUT2D eigenvalue weighted by atomic mass is 79.9. The zero-order valence-electron chi connectivity index (χ0n) is 21.2. The molecule has 4 aromatic carbocycles. The van der Waals surface area contributed by atoms with Crippen molar-refractivity contribution in [3.63, 3.8) is 0 Å². The van der Waals surface area contributed by atoms with E-state index < -0.39 is 5.54 Å². The number of amides is 1. The molecule has 0 unspecified atom stereocenters. The van der Waals surface area contributed by atoms with Crippen LogP contribution < -0.4 is 4.90 Å². The number of carbonyl (C=O) groups excluding carboxylic acids is 1. The fraction of sp³-hybridized carbons (Fsp3) is 0.0606. The van der Waals surface area contributed by atoms with Crippen molar-refractivity contribution in [2.45, 2.75) is 12.1 Å². The van der Waals surface area contributed by atoms with Crippen molar-refractivity contribution in [1.29, 1.82) is 0 Å². The van der Waals surface area contributed by atoms with E-state index in [4.69, 9.17) is 21.6 Å². The number of hydrogen-bond donors (Lipinski definition) is 0. The van der Waals surface area contributed by atoms with Gasteiger partial charge in [0.15, 0.2) is 5.65 Å². The quantitative estimate of drug-likeness (QED) is 0.188. The first-order chi connectivity index (χ1) is 19.6. The van der Waals surface area contributed by atoms with Gasteiger partial charge in [0, 0.05) is 6.20 Å². The molecule has 2 aromatic heterocycles. The molecule has 0 saturated carbocycles. The van der Waals surface area contributed by atoms with Gasteiger partial charge in [0.05, 0.1) is 29.0 Å². The number of nitrogens with zero attached hydrogens (tertiary/aromatic N) is 4. The van der Waals surface area contributed by atoms with Crippen LogP contribution in [0.5, 0.6) is 0 Å². The Morgan fingerprint density at radius 2 is 1.35 bits per heavy atom. The molecule has 6 aromatic rings. The molecule has 1 aliphatic rings. The predicted molar refractivity (Wildman–Crippen MR) is 162 cm³/mol. The van der Waals surface area contributed by atoms with Crippen molar-refractivity contribution in [1.82, 2.24) is 14.5 Å². The molecule has 0 atom stereocenters. The smallest absolute Gasteiger partial charge is 0.260 e. The summed E-state index contributed by atoms with van der Waals surface area (Å²) in [5.41, 5.74) is 5.74. The number of fused-ring (bicyclic) bond motifs is 2. The Balaban J connectivity index is 1.58. The molecule has 1 aliphatic heterocycles. The number of anilines is 1. The van der Waals surface area contributed by atoms with E-state index in [9.17, 15) is 4.79 Å². The highest BCUT2D eigenvalue weighted by Gasteiger charge is 2.42. The van der Waals surface area contributed by atoms with E-state index in [0.717, 1.165) is 22.3 Å². The van der Waals surface area contributed by atoms with Gasteiger partial charge in [-0.2, -0.15) is 0 Å². The van der Waals surface area contributed by atoms with Gasteiger partial charge in [0.2, 0.25) is 0 Å². The summed E-state index contributed by atoms with van der Waals surface area (Å²) >= 11 is 10.0. The van der Waals surface area contributed by atoms with Crippen LogP contribution in [0.25, 0.3) is 11.2 Å². The number of carbonyl (C=O) groups is 1. The van der Waals surface area contributed by atoms with Gasteiger partial charge in [0.25, 0.3) is 5.91 Å². The third kappa shape index (κ3) is 3.71. The summed E-state index contributed by atoms with van der Waals surface area (Å²) in [7, 11) is 0. The number of benzene rings is 4. The van der Waals surface area contributed by atoms with E-state index in [0.29, 0.717) is 38.6 Å². The van der Waals surface area contributed by atoms with Crippen LogP contribution in [0.1, 0.15) is 32.6 Å². The van der Waals surface area contributed by atoms with Crippen molar-refractivity contribution in [2.24, 2.45) is 0 Å². The van der Waals surface area contributed by atoms with Crippen molar-refractivity contribution in [2.75, 3.05) is 4.90 Å².